The van der Waals surface area contributed by atoms with Crippen LogP contribution in [0.4, 0.5) is 0 Å². The van der Waals surface area contributed by atoms with Crippen LogP contribution in [0.2, 0.25) is 0 Å². The third-order valence-corrected chi connectivity index (χ3v) is 2.57. The smallest absolute Gasteiger partial charge is 0.115 e. The summed E-state index contributed by atoms with van der Waals surface area (Å²) in [6.45, 7) is 0. The summed E-state index contributed by atoms with van der Waals surface area (Å²) in [5, 5.41) is 9.15. The lowest BCUT2D eigenvalue weighted by molar-refractivity contribution is 0.475. The van der Waals surface area contributed by atoms with E-state index in [-0.39, 0.29) is 5.75 Å². The van der Waals surface area contributed by atoms with Crippen molar-refractivity contribution in [2.45, 2.75) is 0 Å². The lowest BCUT2D eigenvalue weighted by atomic mass is 10.1. The first kappa shape index (κ1) is 9.21. The Morgan fingerprint density at radius 2 is 1.79 bits per heavy atom. The first-order valence-corrected chi connectivity index (χ1v) is 4.96. The fourth-order valence-corrected chi connectivity index (χ4v) is 1.72. The van der Waals surface area contributed by atoms with Crippen molar-refractivity contribution in [3.05, 3.63) is 47.2 Å². The molecule has 0 radical (unpaired) electrons. The highest BCUT2D eigenvalue weighted by atomic mass is 79.9. The molecule has 0 aliphatic carbocycles. The number of nitrogens with zero attached hydrogens (tertiary/aromatic N) is 1. The molecule has 0 bridgehead atoms. The Balaban J connectivity index is 2.50. The molecule has 70 valence electrons. The molecule has 1 aromatic heterocycles. The topological polar surface area (TPSA) is 33.1 Å². The summed E-state index contributed by atoms with van der Waals surface area (Å²) in [5.74, 6) is 0.272. The van der Waals surface area contributed by atoms with E-state index in [4.69, 9.17) is 5.11 Å². The first-order chi connectivity index (χ1) is 6.77. The second-order valence-corrected chi connectivity index (χ2v) is 3.64. The molecule has 1 heterocycles. The number of aromatic nitrogens is 1. The molecule has 0 amide bonds. The molecular formula is C11H8BrNO. The van der Waals surface area contributed by atoms with E-state index in [9.17, 15) is 0 Å². The van der Waals surface area contributed by atoms with Crippen molar-refractivity contribution in [2.75, 3.05) is 0 Å². The zero-order chi connectivity index (χ0) is 9.97. The minimum atomic E-state index is 0.272. The summed E-state index contributed by atoms with van der Waals surface area (Å²) < 4.78 is 0.811. The number of hydrogen-bond acceptors (Lipinski definition) is 2. The van der Waals surface area contributed by atoms with E-state index in [1.54, 1.807) is 18.3 Å². The Labute approximate surface area is 90.4 Å². The van der Waals surface area contributed by atoms with Crippen molar-refractivity contribution in [2.24, 2.45) is 0 Å². The van der Waals surface area contributed by atoms with E-state index in [1.165, 1.54) is 0 Å². The summed E-state index contributed by atoms with van der Waals surface area (Å²) >= 11 is 3.38. The number of phenols is 1. The van der Waals surface area contributed by atoms with Gasteiger partial charge in [0.1, 0.15) is 10.4 Å². The van der Waals surface area contributed by atoms with Crippen LogP contribution in [-0.2, 0) is 0 Å². The highest BCUT2D eigenvalue weighted by Gasteiger charge is 2.02. The Hall–Kier alpha value is -1.35. The van der Waals surface area contributed by atoms with Crippen molar-refractivity contribution >= 4 is 15.9 Å². The van der Waals surface area contributed by atoms with Gasteiger partial charge in [0.2, 0.25) is 0 Å². The first-order valence-electron chi connectivity index (χ1n) is 4.17. The zero-order valence-electron chi connectivity index (χ0n) is 7.31. The number of phenolic OH excluding ortho intramolecular Hbond substituents is 1. The molecule has 0 unspecified atom stereocenters. The van der Waals surface area contributed by atoms with Crippen LogP contribution in [0.5, 0.6) is 5.75 Å². The summed E-state index contributed by atoms with van der Waals surface area (Å²) in [6, 6.07) is 10.9. The predicted molar refractivity (Wildman–Crippen MR) is 59.0 cm³/mol. The summed E-state index contributed by atoms with van der Waals surface area (Å²) in [5.41, 5.74) is 2.05. The number of pyridine rings is 1. The largest absolute Gasteiger partial charge is 0.508 e. The van der Waals surface area contributed by atoms with Gasteiger partial charge in [-0.05, 0) is 39.7 Å². The van der Waals surface area contributed by atoms with Crippen LogP contribution >= 0.6 is 15.9 Å². The van der Waals surface area contributed by atoms with Gasteiger partial charge in [0.25, 0.3) is 0 Å². The van der Waals surface area contributed by atoms with Gasteiger partial charge < -0.3 is 5.11 Å². The van der Waals surface area contributed by atoms with Crippen LogP contribution in [0.3, 0.4) is 0 Å². The summed E-state index contributed by atoms with van der Waals surface area (Å²) in [4.78, 5) is 4.13. The van der Waals surface area contributed by atoms with E-state index in [0.29, 0.717) is 0 Å². The van der Waals surface area contributed by atoms with Crippen LogP contribution in [0.1, 0.15) is 0 Å². The van der Waals surface area contributed by atoms with Crippen LogP contribution in [0, 0.1) is 0 Å². The summed E-state index contributed by atoms with van der Waals surface area (Å²) in [6.07, 6.45) is 1.73. The van der Waals surface area contributed by atoms with Gasteiger partial charge in [0.15, 0.2) is 0 Å². The van der Waals surface area contributed by atoms with Gasteiger partial charge in [-0.25, -0.2) is 4.98 Å². The number of rotatable bonds is 1. The van der Waals surface area contributed by atoms with Crippen molar-refractivity contribution in [3.8, 4) is 16.9 Å². The standard InChI is InChI=1S/C11H8BrNO/c12-11-10(2-1-7-13-11)8-3-5-9(14)6-4-8/h1-7,14H. The van der Waals surface area contributed by atoms with E-state index in [2.05, 4.69) is 20.9 Å². The molecular weight excluding hydrogens is 242 g/mol. The van der Waals surface area contributed by atoms with Crippen molar-refractivity contribution < 1.29 is 5.11 Å². The average Bonchev–Trinajstić information content (AvgIpc) is 2.20. The molecule has 0 aliphatic heterocycles. The molecule has 0 saturated heterocycles. The van der Waals surface area contributed by atoms with Gasteiger partial charge in [-0.15, -0.1) is 0 Å². The second-order valence-electron chi connectivity index (χ2n) is 2.89. The van der Waals surface area contributed by atoms with Gasteiger partial charge in [-0.3, -0.25) is 0 Å². The molecule has 0 fully saturated rings. The third-order valence-electron chi connectivity index (χ3n) is 1.94. The summed E-state index contributed by atoms with van der Waals surface area (Å²) in [7, 11) is 0. The van der Waals surface area contributed by atoms with E-state index >= 15 is 0 Å². The van der Waals surface area contributed by atoms with E-state index in [1.807, 2.05) is 24.3 Å². The Kier molecular flexibility index (Phi) is 2.50. The molecule has 1 aromatic carbocycles. The second kappa shape index (κ2) is 3.80. The molecule has 1 N–H and O–H groups in total. The minimum Gasteiger partial charge on any atom is -0.508 e. The van der Waals surface area contributed by atoms with Crippen LogP contribution in [-0.4, -0.2) is 10.1 Å². The van der Waals surface area contributed by atoms with Gasteiger partial charge in [0, 0.05) is 11.8 Å². The number of benzene rings is 1. The maximum Gasteiger partial charge on any atom is 0.115 e. The molecule has 0 atom stereocenters. The zero-order valence-corrected chi connectivity index (χ0v) is 8.90. The lowest BCUT2D eigenvalue weighted by Gasteiger charge is -2.02. The Morgan fingerprint density at radius 1 is 1.07 bits per heavy atom. The maximum atomic E-state index is 9.15. The number of halogens is 1. The molecule has 2 aromatic rings. The molecule has 2 rings (SSSR count). The molecule has 0 aliphatic rings. The van der Waals surface area contributed by atoms with Gasteiger partial charge in [-0.1, -0.05) is 18.2 Å². The van der Waals surface area contributed by atoms with E-state index < -0.39 is 0 Å². The highest BCUT2D eigenvalue weighted by Crippen LogP contribution is 2.26. The fourth-order valence-electron chi connectivity index (χ4n) is 1.24. The van der Waals surface area contributed by atoms with Gasteiger partial charge in [0.05, 0.1) is 0 Å². The van der Waals surface area contributed by atoms with Crippen LogP contribution in [0.15, 0.2) is 47.2 Å². The molecule has 0 spiro atoms. The Morgan fingerprint density at radius 3 is 2.43 bits per heavy atom. The van der Waals surface area contributed by atoms with Crippen molar-refractivity contribution in [3.63, 3.8) is 0 Å². The van der Waals surface area contributed by atoms with Gasteiger partial charge >= 0.3 is 0 Å². The molecule has 0 saturated carbocycles. The monoisotopic (exact) mass is 249 g/mol. The Bertz CT molecular complexity index is 439. The molecule has 2 nitrogen and oxygen atoms in total. The lowest BCUT2D eigenvalue weighted by Crippen LogP contribution is -1.81. The van der Waals surface area contributed by atoms with E-state index in [0.717, 1.165) is 15.7 Å². The SMILES string of the molecule is Oc1ccc(-c2cccnc2Br)cc1. The normalized spacial score (nSPS) is 10.1. The molecule has 14 heavy (non-hydrogen) atoms. The van der Waals surface area contributed by atoms with Crippen LogP contribution in [0.25, 0.3) is 11.1 Å². The predicted octanol–water partition coefficient (Wildman–Crippen LogP) is 3.22. The van der Waals surface area contributed by atoms with Crippen LogP contribution < -0.4 is 0 Å². The average molecular weight is 250 g/mol. The molecule has 3 heteroatoms. The number of aromatic hydroxyl groups is 1. The third kappa shape index (κ3) is 1.77. The van der Waals surface area contributed by atoms with Gasteiger partial charge in [-0.2, -0.15) is 0 Å². The number of hydrogen-bond donors (Lipinski definition) is 1. The minimum absolute atomic E-state index is 0.272. The highest BCUT2D eigenvalue weighted by molar-refractivity contribution is 9.10. The quantitative estimate of drug-likeness (QED) is 0.788. The van der Waals surface area contributed by atoms with Crippen molar-refractivity contribution in [1.29, 1.82) is 0 Å². The fraction of sp³-hybridized carbons (Fsp3) is 0. The van der Waals surface area contributed by atoms with Crippen molar-refractivity contribution in [1.82, 2.24) is 4.98 Å². The maximum absolute atomic E-state index is 9.15.